The number of likely N-dealkylation sites (tertiary alicyclic amines) is 1. The summed E-state index contributed by atoms with van der Waals surface area (Å²) < 4.78 is 16.7. The van der Waals surface area contributed by atoms with Gasteiger partial charge in [-0.2, -0.15) is 0 Å². The van der Waals surface area contributed by atoms with Gasteiger partial charge in [-0.3, -0.25) is 9.59 Å². The lowest BCUT2D eigenvalue weighted by atomic mass is 9.94. The molecule has 3 aromatic carbocycles. The number of carbonyl (C=O) groups is 2. The van der Waals surface area contributed by atoms with Crippen molar-refractivity contribution in [3.05, 3.63) is 101 Å². The molecule has 7 nitrogen and oxygen atoms in total. The van der Waals surface area contributed by atoms with Gasteiger partial charge in [0.15, 0.2) is 0 Å². The fourth-order valence-corrected chi connectivity index (χ4v) is 4.59. The van der Waals surface area contributed by atoms with Crippen molar-refractivity contribution in [1.29, 1.82) is 0 Å². The van der Waals surface area contributed by atoms with Crippen molar-refractivity contribution >= 4 is 17.4 Å². The molecule has 1 aliphatic heterocycles. The van der Waals surface area contributed by atoms with Gasteiger partial charge in [0.2, 0.25) is 0 Å². The van der Waals surface area contributed by atoms with E-state index in [1.807, 2.05) is 68.4 Å². The van der Waals surface area contributed by atoms with Crippen molar-refractivity contribution in [2.75, 3.05) is 26.9 Å². The molecule has 3 aromatic rings. The molecule has 1 N–H and O–H groups in total. The van der Waals surface area contributed by atoms with Crippen LogP contribution in [0.4, 0.5) is 0 Å². The molecule has 1 saturated heterocycles. The highest BCUT2D eigenvalue weighted by atomic mass is 16.5. The molecule has 1 heterocycles. The number of nitrogens with zero attached hydrogens (tertiary/aromatic N) is 1. The minimum absolute atomic E-state index is 0.0638. The summed E-state index contributed by atoms with van der Waals surface area (Å²) in [5, 5.41) is 11.3. The van der Waals surface area contributed by atoms with Crippen molar-refractivity contribution in [1.82, 2.24) is 4.90 Å². The van der Waals surface area contributed by atoms with E-state index in [9.17, 15) is 14.7 Å². The van der Waals surface area contributed by atoms with Crippen LogP contribution in [0.3, 0.4) is 0 Å². The summed E-state index contributed by atoms with van der Waals surface area (Å²) >= 11 is 0. The molecule has 0 saturated carbocycles. The molecular weight excluding hydrogens is 482 g/mol. The zero-order valence-corrected chi connectivity index (χ0v) is 22.0. The maximum absolute atomic E-state index is 13.2. The van der Waals surface area contributed by atoms with Gasteiger partial charge in [0.25, 0.3) is 11.7 Å². The number of amides is 1. The van der Waals surface area contributed by atoms with Crippen molar-refractivity contribution < 1.29 is 28.9 Å². The molecule has 1 atom stereocenters. The molecule has 1 aliphatic rings. The number of aliphatic hydroxyl groups is 1. The predicted molar refractivity (Wildman–Crippen MR) is 145 cm³/mol. The molecule has 1 fully saturated rings. The number of ether oxygens (including phenoxy) is 3. The number of carbonyl (C=O) groups excluding carboxylic acids is 2. The number of aryl methyl sites for hydroxylation is 1. The lowest BCUT2D eigenvalue weighted by molar-refractivity contribution is -0.140. The summed E-state index contributed by atoms with van der Waals surface area (Å²) in [5.74, 6) is -0.193. The Morgan fingerprint density at radius 3 is 2.37 bits per heavy atom. The third-order valence-corrected chi connectivity index (χ3v) is 6.48. The van der Waals surface area contributed by atoms with Crippen LogP contribution >= 0.6 is 0 Å². The lowest BCUT2D eigenvalue weighted by Gasteiger charge is -2.25. The Hall–Kier alpha value is -4.10. The van der Waals surface area contributed by atoms with E-state index in [2.05, 4.69) is 0 Å². The minimum atomic E-state index is -0.734. The lowest BCUT2D eigenvalue weighted by Crippen LogP contribution is -2.31. The summed E-state index contributed by atoms with van der Waals surface area (Å²) in [6.07, 6.45) is 0.556. The smallest absolute Gasteiger partial charge is 0.295 e. The van der Waals surface area contributed by atoms with E-state index in [1.54, 1.807) is 25.3 Å². The molecular formula is C31H33NO6. The number of aliphatic hydroxyl groups excluding tert-OH is 1. The largest absolute Gasteiger partial charge is 0.507 e. The second kappa shape index (κ2) is 12.4. The summed E-state index contributed by atoms with van der Waals surface area (Å²) in [7, 11) is 1.59. The van der Waals surface area contributed by atoms with Crippen LogP contribution in [-0.2, 0) is 20.9 Å². The number of methoxy groups -OCH3 is 1. The third-order valence-electron chi connectivity index (χ3n) is 6.48. The zero-order valence-electron chi connectivity index (χ0n) is 22.0. The molecule has 0 bridgehead atoms. The van der Waals surface area contributed by atoms with Gasteiger partial charge in [-0.15, -0.1) is 0 Å². The number of Topliss-reactive ketones (excluding diaryl/α,β-unsaturated/α-hetero) is 1. The third kappa shape index (κ3) is 5.89. The van der Waals surface area contributed by atoms with E-state index < -0.39 is 17.7 Å². The van der Waals surface area contributed by atoms with Crippen LogP contribution < -0.4 is 9.47 Å². The van der Waals surface area contributed by atoms with Gasteiger partial charge in [0.1, 0.15) is 23.9 Å². The number of hydrogen-bond acceptors (Lipinski definition) is 6. The fourth-order valence-electron chi connectivity index (χ4n) is 4.59. The maximum atomic E-state index is 13.2. The second-order valence-electron chi connectivity index (χ2n) is 9.10. The van der Waals surface area contributed by atoms with E-state index in [1.165, 1.54) is 4.90 Å². The Labute approximate surface area is 223 Å². The summed E-state index contributed by atoms with van der Waals surface area (Å²) in [4.78, 5) is 27.9. The number of ketones is 1. The van der Waals surface area contributed by atoms with E-state index in [0.29, 0.717) is 55.4 Å². The Morgan fingerprint density at radius 2 is 1.71 bits per heavy atom. The zero-order chi connectivity index (χ0) is 27.1. The maximum Gasteiger partial charge on any atom is 0.295 e. The first-order chi connectivity index (χ1) is 18.4. The predicted octanol–water partition coefficient (Wildman–Crippen LogP) is 5.43. The average molecular weight is 516 g/mol. The van der Waals surface area contributed by atoms with Gasteiger partial charge >= 0.3 is 0 Å². The van der Waals surface area contributed by atoms with Crippen molar-refractivity contribution in [2.24, 2.45) is 0 Å². The molecule has 0 aliphatic carbocycles. The first-order valence-corrected chi connectivity index (χ1v) is 12.7. The van der Waals surface area contributed by atoms with Gasteiger partial charge < -0.3 is 24.2 Å². The molecule has 1 amide bonds. The topological polar surface area (TPSA) is 85.3 Å². The summed E-state index contributed by atoms with van der Waals surface area (Å²) in [5.41, 5.74) is 3.09. The van der Waals surface area contributed by atoms with Gasteiger partial charge in [-0.1, -0.05) is 42.5 Å². The van der Waals surface area contributed by atoms with Crippen LogP contribution in [-0.4, -0.2) is 48.6 Å². The molecule has 38 heavy (non-hydrogen) atoms. The van der Waals surface area contributed by atoms with Crippen LogP contribution in [0.25, 0.3) is 5.76 Å². The van der Waals surface area contributed by atoms with E-state index >= 15 is 0 Å². The van der Waals surface area contributed by atoms with Gasteiger partial charge in [-0.25, -0.2) is 0 Å². The first kappa shape index (κ1) is 26.9. The van der Waals surface area contributed by atoms with Crippen LogP contribution in [0.2, 0.25) is 0 Å². The highest BCUT2D eigenvalue weighted by Crippen LogP contribution is 2.40. The first-order valence-electron chi connectivity index (χ1n) is 12.7. The molecule has 0 spiro atoms. The summed E-state index contributed by atoms with van der Waals surface area (Å²) in [6.45, 7) is 5.47. The van der Waals surface area contributed by atoms with Crippen LogP contribution in [0.1, 0.15) is 41.6 Å². The minimum Gasteiger partial charge on any atom is -0.507 e. The van der Waals surface area contributed by atoms with E-state index in [4.69, 9.17) is 14.2 Å². The van der Waals surface area contributed by atoms with Gasteiger partial charge in [-0.05, 0) is 67.3 Å². The monoisotopic (exact) mass is 515 g/mol. The molecule has 0 radical (unpaired) electrons. The van der Waals surface area contributed by atoms with Crippen molar-refractivity contribution in [3.63, 3.8) is 0 Å². The van der Waals surface area contributed by atoms with E-state index in [-0.39, 0.29) is 11.3 Å². The Balaban J connectivity index is 1.68. The quantitative estimate of drug-likeness (QED) is 0.159. The van der Waals surface area contributed by atoms with Crippen molar-refractivity contribution in [3.8, 4) is 11.5 Å². The number of benzene rings is 3. The summed E-state index contributed by atoms with van der Waals surface area (Å²) in [6, 6.07) is 21.6. The Bertz CT molecular complexity index is 1300. The molecule has 7 heteroatoms. The number of rotatable bonds is 11. The van der Waals surface area contributed by atoms with Crippen molar-refractivity contribution in [2.45, 2.75) is 32.9 Å². The highest BCUT2D eigenvalue weighted by molar-refractivity contribution is 6.46. The fraction of sp³-hybridized carbons (Fsp3) is 0.290. The molecule has 198 valence electrons. The molecule has 4 rings (SSSR count). The molecule has 0 aromatic heterocycles. The van der Waals surface area contributed by atoms with E-state index in [0.717, 1.165) is 11.1 Å². The van der Waals surface area contributed by atoms with Gasteiger partial charge in [0.05, 0.1) is 18.2 Å². The SMILES string of the molecule is CCOc1ccc(/C(O)=C2/C(=O)C(=O)N(CCCOC)C2c2ccc(OCc3ccccc3)cc2)cc1C. The normalized spacial score (nSPS) is 16.6. The highest BCUT2D eigenvalue weighted by Gasteiger charge is 2.45. The number of hydrogen-bond donors (Lipinski definition) is 1. The standard InChI is InChI=1S/C31H33NO6/c1-4-37-26-16-13-24(19-21(26)2)29(33)27-28(32(17-8-18-36-3)31(35)30(27)34)23-11-14-25(15-12-23)38-20-22-9-6-5-7-10-22/h5-7,9-16,19,28,33H,4,8,17-18,20H2,1-3H3/b29-27-. The van der Waals surface area contributed by atoms with Gasteiger partial charge in [0, 0.05) is 25.8 Å². The van der Waals surface area contributed by atoms with Crippen LogP contribution in [0.5, 0.6) is 11.5 Å². The van der Waals surface area contributed by atoms with Crippen LogP contribution in [0, 0.1) is 6.92 Å². The Morgan fingerprint density at radius 1 is 0.974 bits per heavy atom. The molecule has 1 unspecified atom stereocenters. The second-order valence-corrected chi connectivity index (χ2v) is 9.10. The average Bonchev–Trinajstić information content (AvgIpc) is 3.19. The Kier molecular flexibility index (Phi) is 8.81. The van der Waals surface area contributed by atoms with Crippen LogP contribution in [0.15, 0.2) is 78.4 Å².